The van der Waals surface area contributed by atoms with Crippen molar-refractivity contribution >= 4 is 147 Å². The molecule has 0 bridgehead atoms. The summed E-state index contributed by atoms with van der Waals surface area (Å²) in [6, 6.07) is 39.3. The molecule has 0 spiro atoms. The fourth-order valence-corrected chi connectivity index (χ4v) is 11.8. The Kier molecular flexibility index (Phi) is 43.4. The van der Waals surface area contributed by atoms with Gasteiger partial charge in [0.1, 0.15) is 41.3 Å². The molecule has 0 saturated heterocycles. The topological polar surface area (TPSA) is 258 Å². The molecule has 109 heavy (non-hydrogen) atoms. The van der Waals surface area contributed by atoms with Crippen LogP contribution in [0.5, 0.6) is 17.2 Å². The number of alkyl halides is 1. The fraction of sp³-hybridized carbons (Fsp3) is 0.381. The van der Waals surface area contributed by atoms with E-state index >= 15 is 0 Å². The third-order valence-corrected chi connectivity index (χ3v) is 18.7. The van der Waals surface area contributed by atoms with Crippen LogP contribution in [-0.4, -0.2) is 135 Å². The number of carbonyl (C=O) groups is 8. The van der Waals surface area contributed by atoms with Gasteiger partial charge in [-0.25, -0.2) is 0 Å². The fourth-order valence-electron chi connectivity index (χ4n) is 10.9. The number of hydrogen-bond acceptors (Lipinski definition) is 14. The van der Waals surface area contributed by atoms with Crippen LogP contribution in [-0.2, 0) is 46.7 Å². The van der Waals surface area contributed by atoms with Crippen LogP contribution in [0.1, 0.15) is 169 Å². The van der Waals surface area contributed by atoms with Gasteiger partial charge in [0.25, 0.3) is 6.47 Å². The molecule has 9 aromatic rings. The van der Waals surface area contributed by atoms with Gasteiger partial charge in [0.15, 0.2) is 17.3 Å². The van der Waals surface area contributed by atoms with Crippen molar-refractivity contribution in [2.75, 3.05) is 52.8 Å². The van der Waals surface area contributed by atoms with E-state index in [1.807, 2.05) is 173 Å². The van der Waals surface area contributed by atoms with Crippen LogP contribution in [0.15, 0.2) is 152 Å². The molecular formula is C84H102BrI2N5Na2O15. The van der Waals surface area contributed by atoms with Gasteiger partial charge in [-0.15, -0.1) is 0 Å². The number of benzene rings is 6. The second-order valence-corrected chi connectivity index (χ2v) is 31.1. The zero-order chi connectivity index (χ0) is 79.1. The summed E-state index contributed by atoms with van der Waals surface area (Å²) >= 11 is 7.45. The van der Waals surface area contributed by atoms with Crippen molar-refractivity contribution in [2.24, 2.45) is 23.7 Å². The van der Waals surface area contributed by atoms with Gasteiger partial charge in [-0.05, 0) is 212 Å². The Labute approximate surface area is 722 Å². The normalized spacial score (nSPS) is 10.9. The molecule has 0 aliphatic carbocycles. The molecule has 0 aliphatic heterocycles. The number of rotatable bonds is 31. The molecule has 3 heterocycles. The minimum atomic E-state index is -0.831. The average molecular weight is 1800 g/mol. The number of allylic oxidation sites excluding steroid dienone is 1. The number of H-pyrrole nitrogens is 1. The maximum atomic E-state index is 13.6. The van der Waals surface area contributed by atoms with Gasteiger partial charge in [0.2, 0.25) is 11.8 Å². The van der Waals surface area contributed by atoms with E-state index in [-0.39, 0.29) is 133 Å². The number of carbonyl (C=O) groups excluding carboxylic acids is 7. The molecule has 0 radical (unpaired) electrons. The van der Waals surface area contributed by atoms with E-state index in [0.29, 0.717) is 88.1 Å². The summed E-state index contributed by atoms with van der Waals surface area (Å²) < 4.78 is 26.9. The summed E-state index contributed by atoms with van der Waals surface area (Å²) in [4.78, 5) is 106. The summed E-state index contributed by atoms with van der Waals surface area (Å²) in [5, 5.41) is 20.0. The molecule has 2 N–H and O–H groups in total. The molecule has 0 unspecified atom stereocenters. The zero-order valence-corrected chi connectivity index (χ0v) is 75.6. The summed E-state index contributed by atoms with van der Waals surface area (Å²) in [5.74, 6) is 3.12. The molecule has 0 aliphatic rings. The van der Waals surface area contributed by atoms with Crippen LogP contribution < -0.4 is 78.6 Å². The number of ether oxygens (including phenoxy) is 4. The molecule has 20 nitrogen and oxygen atoms in total. The van der Waals surface area contributed by atoms with Crippen molar-refractivity contribution in [3.63, 3.8) is 0 Å². The molecule has 576 valence electrons. The number of aliphatic carboxylic acids is 1. The molecule has 0 atom stereocenters. The van der Waals surface area contributed by atoms with Gasteiger partial charge < -0.3 is 59.5 Å². The first-order valence-corrected chi connectivity index (χ1v) is 38.8. The summed E-state index contributed by atoms with van der Waals surface area (Å²) in [5.41, 5.74) is 6.73. The van der Waals surface area contributed by atoms with Crippen LogP contribution in [0.4, 0.5) is 0 Å². The SMILES string of the molecule is CC(C)(C)OC(=O)CBr.COc1ccc2c(C(=O)c3ccc(/C=C/CCC(=O)O)cc3)cn(CC(=O)N(CCC(C)C)CCC(C)C)c2c1.COc1ccc2c(C(=O)c3ccc(I)cc3)c[nH]c2c1.COc1ccc2c(C(=O)c3ccc(I)cc3)cn(CC(=O)N(CCC(C)C)CCC(C)C)c2c1.O=CO[O-].[H-].[Na+].[Na+]. The number of nitrogens with zero attached hydrogens (tertiary/aromatic N) is 4. The minimum absolute atomic E-state index is 0. The van der Waals surface area contributed by atoms with Crippen LogP contribution in [0, 0.1) is 30.8 Å². The molecule has 0 saturated carbocycles. The first-order valence-electron chi connectivity index (χ1n) is 35.5. The van der Waals surface area contributed by atoms with E-state index in [0.717, 1.165) is 89.9 Å². The molecule has 0 fully saturated rings. The van der Waals surface area contributed by atoms with Crippen LogP contribution >= 0.6 is 61.1 Å². The largest absolute Gasteiger partial charge is 1.00 e. The first kappa shape index (κ1) is 96.5. The molecular weight excluding hydrogens is 1700 g/mol. The number of aromatic amines is 1. The number of hydrogen-bond donors (Lipinski definition) is 2. The van der Waals surface area contributed by atoms with Gasteiger partial charge >= 0.3 is 71.1 Å². The van der Waals surface area contributed by atoms with Gasteiger partial charge in [0, 0.05) is 132 Å². The van der Waals surface area contributed by atoms with E-state index in [2.05, 4.69) is 126 Å². The van der Waals surface area contributed by atoms with Crippen LogP contribution in [0.3, 0.4) is 0 Å². The maximum Gasteiger partial charge on any atom is 1.00 e. The van der Waals surface area contributed by atoms with Crippen molar-refractivity contribution in [1.29, 1.82) is 0 Å². The molecule has 3 aromatic heterocycles. The van der Waals surface area contributed by atoms with E-state index in [1.165, 1.54) is 0 Å². The van der Waals surface area contributed by atoms with Crippen molar-refractivity contribution in [3.05, 3.63) is 198 Å². The third kappa shape index (κ3) is 32.2. The number of ketones is 3. The maximum absolute atomic E-state index is 13.6. The molecule has 6 aromatic carbocycles. The number of nitrogens with one attached hydrogen (secondary N) is 1. The molecule has 2 amide bonds. The van der Waals surface area contributed by atoms with Gasteiger partial charge in [-0.1, -0.05) is 108 Å². The Balaban J connectivity index is 0.000000527. The van der Waals surface area contributed by atoms with E-state index in [9.17, 15) is 33.6 Å². The van der Waals surface area contributed by atoms with E-state index in [1.54, 1.807) is 45.9 Å². The van der Waals surface area contributed by atoms with E-state index < -0.39 is 5.97 Å². The predicted molar refractivity (Wildman–Crippen MR) is 442 cm³/mol. The monoisotopic (exact) mass is 1800 g/mol. The second-order valence-electron chi connectivity index (χ2n) is 28.1. The van der Waals surface area contributed by atoms with Crippen molar-refractivity contribution in [1.82, 2.24) is 23.9 Å². The predicted octanol–water partition coefficient (Wildman–Crippen LogP) is 11.4. The standard InChI is InChI=1S/C33H42N2O5.C28H35IN2O3.C16H12INO2.C6H11BrO2.CH2O3.2Na.H/c1-23(2)16-18-34(19-17-24(3)4)31(36)22-35-21-29(28-15-14-27(40-5)20-30(28)35)33(39)26-12-10-25(11-13-26)8-6-7-9-32(37)38;1-19(2)12-14-30(15-13-20(3)4)27(32)18-31-17-25(24-11-10-23(34-5)16-26(24)31)28(33)21-6-8-22(29)9-7-21;1-20-12-6-7-13-14(9-18-15(13)8-12)16(19)10-2-4-11(17)5-3-10;1-6(2,3)9-5(8)4-7;2-1-4-3;;;/h6,8,10-15,20-21,23-24H,7,9,16-19,22H2,1-5H3,(H,37,38);6-11,16-17,19-20H,12-15,18H2,1-5H3;2-9,18H,1H3;4H2,1-3H3;1,3H;;;/q;;;;;2*+1;-1/p-1/b8-6+;;;;;;;. The Bertz CT molecular complexity index is 4420. The first-order chi connectivity index (χ1) is 50.8. The van der Waals surface area contributed by atoms with Crippen molar-refractivity contribution in [2.45, 2.75) is 133 Å². The summed E-state index contributed by atoms with van der Waals surface area (Å²) in [7, 11) is 4.85. The smallest absolute Gasteiger partial charge is 1.00 e. The quantitative estimate of drug-likeness (QED) is 0.00598. The Hall–Kier alpha value is -6.66. The van der Waals surface area contributed by atoms with Gasteiger partial charge in [-0.3, -0.25) is 38.4 Å². The van der Waals surface area contributed by atoms with E-state index in [4.69, 9.17) is 34.1 Å². The second kappa shape index (κ2) is 49.0. The minimum Gasteiger partial charge on any atom is -1.00 e. The van der Waals surface area contributed by atoms with Gasteiger partial charge in [-0.2, -0.15) is 0 Å². The number of esters is 1. The van der Waals surface area contributed by atoms with Gasteiger partial charge in [0.05, 0.1) is 32.4 Å². The molecule has 9 rings (SSSR count). The van der Waals surface area contributed by atoms with Crippen LogP contribution in [0.25, 0.3) is 38.8 Å². The third-order valence-electron chi connectivity index (χ3n) is 16.8. The Morgan fingerprint density at radius 3 is 1.25 bits per heavy atom. The number of amides is 2. The Morgan fingerprint density at radius 2 is 0.917 bits per heavy atom. The summed E-state index contributed by atoms with van der Waals surface area (Å²) in [6.45, 7) is 26.0. The van der Waals surface area contributed by atoms with Crippen LogP contribution in [0.2, 0.25) is 0 Å². The number of carboxylic acids is 1. The number of carboxylic acid groups (broad SMARTS) is 1. The number of methoxy groups -OCH3 is 3. The average Bonchev–Trinajstić information content (AvgIpc) is 1.64. The number of halogens is 3. The Morgan fingerprint density at radius 1 is 0.560 bits per heavy atom. The number of aromatic nitrogens is 3. The number of fused-ring (bicyclic) bond motifs is 3. The zero-order valence-electron chi connectivity index (χ0n) is 66.7. The van der Waals surface area contributed by atoms with Crippen molar-refractivity contribution in [3.8, 4) is 17.2 Å². The molecule has 25 heteroatoms. The van der Waals surface area contributed by atoms with Crippen molar-refractivity contribution < 1.29 is 133 Å². The summed E-state index contributed by atoms with van der Waals surface area (Å²) in [6.07, 6.45) is 13.4.